The minimum atomic E-state index is -0.432. The normalized spacial score (nSPS) is 32.5. The van der Waals surface area contributed by atoms with Crippen LogP contribution >= 0.6 is 11.6 Å². The summed E-state index contributed by atoms with van der Waals surface area (Å²) in [6.45, 7) is 1.99. The fourth-order valence-corrected chi connectivity index (χ4v) is 5.04. The highest BCUT2D eigenvalue weighted by atomic mass is 35.5. The number of hydrogen-bond acceptors (Lipinski definition) is 4. The number of likely N-dealkylation sites (tertiary alicyclic amines) is 1. The van der Waals surface area contributed by atoms with Crippen LogP contribution in [0.3, 0.4) is 0 Å². The smallest absolute Gasteiger partial charge is 0.230 e. The second-order valence-electron chi connectivity index (χ2n) is 7.98. The van der Waals surface area contributed by atoms with Crippen LogP contribution < -0.4 is 4.90 Å². The third-order valence-corrected chi connectivity index (χ3v) is 6.52. The van der Waals surface area contributed by atoms with Crippen LogP contribution in [0, 0.1) is 11.2 Å². The molecule has 0 unspecified atom stereocenters. The zero-order valence-electron chi connectivity index (χ0n) is 14.8. The highest BCUT2D eigenvalue weighted by Crippen LogP contribution is 2.43. The molecule has 7 heteroatoms. The van der Waals surface area contributed by atoms with E-state index < -0.39 is 11.2 Å². The molecule has 0 radical (unpaired) electrons. The molecule has 142 valence electrons. The van der Waals surface area contributed by atoms with Crippen LogP contribution in [0.5, 0.6) is 0 Å². The molecule has 0 bridgehead atoms. The van der Waals surface area contributed by atoms with Gasteiger partial charge in [0.05, 0.1) is 16.5 Å². The maximum Gasteiger partial charge on any atom is 0.230 e. The number of aliphatic hydroxyl groups is 1. The fraction of sp³-hybridized carbons (Fsp3) is 0.684. The highest BCUT2D eigenvalue weighted by Gasteiger charge is 2.51. The van der Waals surface area contributed by atoms with Gasteiger partial charge in [0.15, 0.2) is 11.6 Å². The zero-order chi connectivity index (χ0) is 18.3. The number of carbonyl (C=O) groups is 1. The van der Waals surface area contributed by atoms with Crippen molar-refractivity contribution in [3.63, 3.8) is 0 Å². The van der Waals surface area contributed by atoms with Crippen molar-refractivity contribution in [3.05, 3.63) is 23.1 Å². The van der Waals surface area contributed by atoms with Gasteiger partial charge in [0, 0.05) is 31.9 Å². The molecule has 4 rings (SSSR count). The van der Waals surface area contributed by atoms with Gasteiger partial charge in [-0.1, -0.05) is 11.6 Å². The van der Waals surface area contributed by atoms with Gasteiger partial charge in [-0.15, -0.1) is 0 Å². The number of hydrogen-bond donors (Lipinski definition) is 1. The average Bonchev–Trinajstić information content (AvgIpc) is 2.92. The number of amides is 1. The monoisotopic (exact) mass is 381 g/mol. The lowest BCUT2D eigenvalue weighted by atomic mass is 9.78. The minimum Gasteiger partial charge on any atom is -0.393 e. The molecule has 0 aromatic carbocycles. The van der Waals surface area contributed by atoms with Crippen molar-refractivity contribution in [2.45, 2.75) is 57.1 Å². The van der Waals surface area contributed by atoms with Crippen LogP contribution in [0.4, 0.5) is 10.2 Å². The maximum atomic E-state index is 14.3. The predicted octanol–water partition coefficient (Wildman–Crippen LogP) is 3.00. The lowest BCUT2D eigenvalue weighted by Gasteiger charge is -2.41. The number of carbonyl (C=O) groups excluding carboxylic acids is 1. The quantitative estimate of drug-likeness (QED) is 0.855. The third kappa shape index (κ3) is 3.18. The Hall–Kier alpha value is -1.40. The van der Waals surface area contributed by atoms with Gasteiger partial charge < -0.3 is 14.9 Å². The van der Waals surface area contributed by atoms with Crippen molar-refractivity contribution in [2.75, 3.05) is 24.5 Å². The lowest BCUT2D eigenvalue weighted by molar-refractivity contribution is -0.139. The van der Waals surface area contributed by atoms with Crippen LogP contribution in [0.15, 0.2) is 12.3 Å². The van der Waals surface area contributed by atoms with Gasteiger partial charge in [-0.05, 0) is 51.0 Å². The van der Waals surface area contributed by atoms with Crippen molar-refractivity contribution in [2.24, 2.45) is 5.41 Å². The number of anilines is 1. The molecule has 3 heterocycles. The van der Waals surface area contributed by atoms with Crippen LogP contribution in [-0.4, -0.2) is 52.7 Å². The summed E-state index contributed by atoms with van der Waals surface area (Å²) in [6, 6.07) is 1.52. The van der Waals surface area contributed by atoms with E-state index in [0.29, 0.717) is 18.9 Å². The summed E-state index contributed by atoms with van der Waals surface area (Å²) in [7, 11) is 0. The molecular weight excluding hydrogens is 357 g/mol. The number of rotatable bonds is 2. The Labute approximate surface area is 158 Å². The molecule has 1 aromatic heterocycles. The summed E-state index contributed by atoms with van der Waals surface area (Å²) in [5.74, 6) is 0.0663. The molecule has 5 nitrogen and oxygen atoms in total. The molecule has 3 fully saturated rings. The number of halogens is 2. The Kier molecular flexibility index (Phi) is 4.82. The summed E-state index contributed by atoms with van der Waals surface area (Å²) in [5.41, 5.74) is -0.429. The fourth-order valence-electron chi connectivity index (χ4n) is 4.90. The van der Waals surface area contributed by atoms with E-state index in [4.69, 9.17) is 11.6 Å². The first-order chi connectivity index (χ1) is 12.5. The molecule has 1 N–H and O–H groups in total. The summed E-state index contributed by atoms with van der Waals surface area (Å²) in [6.07, 6.45) is 7.05. The van der Waals surface area contributed by atoms with Crippen molar-refractivity contribution >= 4 is 23.3 Å². The summed E-state index contributed by atoms with van der Waals surface area (Å²) >= 11 is 5.82. The molecule has 1 aliphatic carbocycles. The molecule has 26 heavy (non-hydrogen) atoms. The summed E-state index contributed by atoms with van der Waals surface area (Å²) < 4.78 is 14.3. The predicted molar refractivity (Wildman–Crippen MR) is 97.7 cm³/mol. The van der Waals surface area contributed by atoms with Crippen LogP contribution in [0.25, 0.3) is 0 Å². The molecule has 2 saturated heterocycles. The SMILES string of the molecule is O=C1N([C@H]2CC[C@H](O)CC2)CC[C@]12CCCN(c1ncc(Cl)cc1F)C2. The number of nitrogens with zero attached hydrogens (tertiary/aromatic N) is 3. The summed E-state index contributed by atoms with van der Waals surface area (Å²) in [4.78, 5) is 21.4. The molecule has 3 aliphatic rings. The largest absolute Gasteiger partial charge is 0.393 e. The van der Waals surface area contributed by atoms with Gasteiger partial charge in [0.25, 0.3) is 0 Å². The van der Waals surface area contributed by atoms with E-state index in [1.807, 2.05) is 9.80 Å². The summed E-state index contributed by atoms with van der Waals surface area (Å²) in [5, 5.41) is 10.0. The molecule has 1 spiro atoms. The Balaban J connectivity index is 1.50. The highest BCUT2D eigenvalue weighted by molar-refractivity contribution is 6.30. The second kappa shape index (κ2) is 6.97. The van der Waals surface area contributed by atoms with Crippen LogP contribution in [0.2, 0.25) is 5.02 Å². The zero-order valence-corrected chi connectivity index (χ0v) is 15.6. The maximum absolute atomic E-state index is 14.3. The molecule has 1 saturated carbocycles. The van der Waals surface area contributed by atoms with E-state index in [2.05, 4.69) is 4.98 Å². The Morgan fingerprint density at radius 1 is 1.23 bits per heavy atom. The lowest BCUT2D eigenvalue weighted by Crippen LogP contribution is -2.50. The molecule has 1 atom stereocenters. The van der Waals surface area contributed by atoms with Gasteiger partial charge in [0.2, 0.25) is 5.91 Å². The first-order valence-electron chi connectivity index (χ1n) is 9.54. The molecule has 2 aliphatic heterocycles. The molecule has 1 aromatic rings. The van der Waals surface area contributed by atoms with Crippen molar-refractivity contribution < 1.29 is 14.3 Å². The first kappa shape index (κ1) is 18.0. The van der Waals surface area contributed by atoms with Gasteiger partial charge in [-0.2, -0.15) is 0 Å². The van der Waals surface area contributed by atoms with E-state index in [-0.39, 0.29) is 23.1 Å². The first-order valence-corrected chi connectivity index (χ1v) is 9.91. The van der Waals surface area contributed by atoms with E-state index in [1.165, 1.54) is 12.3 Å². The van der Waals surface area contributed by atoms with Gasteiger partial charge in [-0.25, -0.2) is 9.37 Å². The van der Waals surface area contributed by atoms with E-state index >= 15 is 0 Å². The Morgan fingerprint density at radius 3 is 2.73 bits per heavy atom. The van der Waals surface area contributed by atoms with E-state index in [1.54, 1.807) is 0 Å². The van der Waals surface area contributed by atoms with E-state index in [9.17, 15) is 14.3 Å². The van der Waals surface area contributed by atoms with Gasteiger partial charge in [0.1, 0.15) is 0 Å². The van der Waals surface area contributed by atoms with Gasteiger partial charge >= 0.3 is 0 Å². The van der Waals surface area contributed by atoms with E-state index in [0.717, 1.165) is 51.5 Å². The molecule has 1 amide bonds. The minimum absolute atomic E-state index is 0.206. The molecular formula is C19H25ClFN3O2. The van der Waals surface area contributed by atoms with Crippen molar-refractivity contribution in [3.8, 4) is 0 Å². The third-order valence-electron chi connectivity index (χ3n) is 6.32. The topological polar surface area (TPSA) is 56.7 Å². The Morgan fingerprint density at radius 2 is 2.00 bits per heavy atom. The number of aliphatic hydroxyl groups excluding tert-OH is 1. The average molecular weight is 382 g/mol. The van der Waals surface area contributed by atoms with Gasteiger partial charge in [-0.3, -0.25) is 4.79 Å². The van der Waals surface area contributed by atoms with Crippen molar-refractivity contribution in [1.82, 2.24) is 9.88 Å². The van der Waals surface area contributed by atoms with Crippen LogP contribution in [0.1, 0.15) is 44.9 Å². The van der Waals surface area contributed by atoms with Crippen LogP contribution in [-0.2, 0) is 4.79 Å². The number of aromatic nitrogens is 1. The van der Waals surface area contributed by atoms with Crippen molar-refractivity contribution in [1.29, 1.82) is 0 Å². The standard InChI is InChI=1S/C19H25ClFN3O2/c20-13-10-16(21)17(22-11-13)23-8-1-6-19(12-23)7-9-24(18(19)26)14-2-4-15(25)5-3-14/h10-11,14-15,25H,1-9,12H2/t14-,15-,19-/m0/s1. The number of piperidine rings is 1. The second-order valence-corrected chi connectivity index (χ2v) is 8.41. The Bertz CT molecular complexity index is 695. The number of pyridine rings is 1.